The van der Waals surface area contributed by atoms with Crippen molar-refractivity contribution in [2.24, 2.45) is 12.8 Å². The molecule has 12 heteroatoms. The molecule has 0 atom stereocenters. The summed E-state index contributed by atoms with van der Waals surface area (Å²) in [5.74, 6) is -3.83. The van der Waals surface area contributed by atoms with Crippen LogP contribution in [0.1, 0.15) is 52.9 Å². The minimum atomic E-state index is -4.43. The van der Waals surface area contributed by atoms with E-state index in [-0.39, 0.29) is 11.4 Å². The van der Waals surface area contributed by atoms with Crippen molar-refractivity contribution in [2.75, 3.05) is 0 Å². The molecule has 0 radical (unpaired) electrons. The van der Waals surface area contributed by atoms with Crippen molar-refractivity contribution in [1.29, 1.82) is 0 Å². The number of carbonyl (C=O) groups excluding carboxylic acids is 1. The molecule has 0 spiro atoms. The molecule has 4 rings (SSSR count). The van der Waals surface area contributed by atoms with E-state index in [9.17, 15) is 26.7 Å². The van der Waals surface area contributed by atoms with E-state index in [4.69, 9.17) is 5.73 Å². The Balaban J connectivity index is 0.000000195. The zero-order valence-corrected chi connectivity index (χ0v) is 17.3. The highest BCUT2D eigenvalue weighted by atomic mass is 19.4. The van der Waals surface area contributed by atoms with Crippen LogP contribution in [0.15, 0.2) is 30.6 Å². The van der Waals surface area contributed by atoms with Gasteiger partial charge in [0.1, 0.15) is 17.1 Å². The number of fused-ring (bicyclic) bond motifs is 1. The van der Waals surface area contributed by atoms with E-state index in [1.165, 1.54) is 24.0 Å². The number of carbonyl (C=O) groups is 1. The molecule has 2 N–H and O–H groups in total. The maximum Gasteiger partial charge on any atom is 0.433 e. The molecule has 0 saturated carbocycles. The molecule has 0 aliphatic heterocycles. The lowest BCUT2D eigenvalue weighted by molar-refractivity contribution is -0.141. The van der Waals surface area contributed by atoms with Crippen LogP contribution in [0.25, 0.3) is 5.69 Å². The SMILES string of the molecule is Cn1nc(C(N)=O)cc1C(C)(F)F.FC(F)(F)c1cc(-n2cc3c(n2)CCCC3)ccn1. The van der Waals surface area contributed by atoms with Gasteiger partial charge in [0, 0.05) is 26.4 Å². The van der Waals surface area contributed by atoms with Crippen LogP contribution in [0.2, 0.25) is 0 Å². The van der Waals surface area contributed by atoms with Gasteiger partial charge in [-0.25, -0.2) is 4.68 Å². The average molecular weight is 456 g/mol. The van der Waals surface area contributed by atoms with E-state index in [2.05, 4.69) is 15.2 Å². The molecule has 0 saturated heterocycles. The Labute approximate surface area is 180 Å². The second-order valence-electron chi connectivity index (χ2n) is 7.44. The smallest absolute Gasteiger partial charge is 0.364 e. The number of alkyl halides is 5. The van der Waals surface area contributed by atoms with Crippen molar-refractivity contribution < 1.29 is 26.7 Å². The van der Waals surface area contributed by atoms with E-state index in [1.54, 1.807) is 0 Å². The summed E-state index contributed by atoms with van der Waals surface area (Å²) in [5.41, 5.74) is 6.04. The molecule has 32 heavy (non-hydrogen) atoms. The number of nitrogens with zero attached hydrogens (tertiary/aromatic N) is 5. The highest BCUT2D eigenvalue weighted by molar-refractivity contribution is 5.90. The van der Waals surface area contributed by atoms with Crippen molar-refractivity contribution in [2.45, 2.75) is 44.7 Å². The van der Waals surface area contributed by atoms with Gasteiger partial charge < -0.3 is 5.73 Å². The number of amides is 1. The third-order valence-corrected chi connectivity index (χ3v) is 4.87. The summed E-state index contributed by atoms with van der Waals surface area (Å²) in [5, 5.41) is 7.90. The summed E-state index contributed by atoms with van der Waals surface area (Å²) in [6.45, 7) is 0.731. The maximum absolute atomic E-state index is 12.8. The van der Waals surface area contributed by atoms with Crippen LogP contribution in [-0.4, -0.2) is 30.5 Å². The van der Waals surface area contributed by atoms with Gasteiger partial charge in [-0.15, -0.1) is 0 Å². The van der Waals surface area contributed by atoms with Crippen LogP contribution in [0.5, 0.6) is 0 Å². The normalized spacial score (nSPS) is 13.8. The number of aromatic nitrogens is 5. The molecule has 1 amide bonds. The summed E-state index contributed by atoms with van der Waals surface area (Å²) < 4.78 is 65.9. The zero-order chi connectivity index (χ0) is 23.7. The Hall–Kier alpha value is -3.31. The van der Waals surface area contributed by atoms with Gasteiger partial charge in [-0.1, -0.05) is 0 Å². The molecule has 1 aliphatic rings. The van der Waals surface area contributed by atoms with Gasteiger partial charge in [0.15, 0.2) is 0 Å². The van der Waals surface area contributed by atoms with Gasteiger partial charge in [0.25, 0.3) is 11.8 Å². The first kappa shape index (κ1) is 23.4. The van der Waals surface area contributed by atoms with Crippen molar-refractivity contribution in [3.63, 3.8) is 0 Å². The molecule has 1 aliphatic carbocycles. The predicted molar refractivity (Wildman–Crippen MR) is 104 cm³/mol. The summed E-state index contributed by atoms with van der Waals surface area (Å²) in [6, 6.07) is 3.55. The fraction of sp³-hybridized carbons (Fsp3) is 0.400. The molecule has 3 heterocycles. The van der Waals surface area contributed by atoms with Crippen molar-refractivity contribution in [3.8, 4) is 5.69 Å². The largest absolute Gasteiger partial charge is 0.433 e. The molecule has 3 aromatic heterocycles. The number of aryl methyl sites for hydroxylation is 3. The number of nitrogens with two attached hydrogens (primary N) is 1. The van der Waals surface area contributed by atoms with Crippen LogP contribution in [0.4, 0.5) is 22.0 Å². The first-order valence-electron chi connectivity index (χ1n) is 9.69. The third-order valence-electron chi connectivity index (χ3n) is 4.87. The van der Waals surface area contributed by atoms with Gasteiger partial charge >= 0.3 is 6.18 Å². The lowest BCUT2D eigenvalue weighted by Crippen LogP contribution is -2.13. The Morgan fingerprint density at radius 1 is 1.09 bits per heavy atom. The minimum Gasteiger partial charge on any atom is -0.364 e. The number of hydrogen-bond donors (Lipinski definition) is 1. The van der Waals surface area contributed by atoms with Gasteiger partial charge in [0.2, 0.25) is 0 Å². The minimum absolute atomic E-state index is 0.154. The highest BCUT2D eigenvalue weighted by Crippen LogP contribution is 2.29. The molecule has 0 aromatic carbocycles. The van der Waals surface area contributed by atoms with Crippen molar-refractivity contribution >= 4 is 5.91 Å². The lowest BCUT2D eigenvalue weighted by atomic mass is 9.99. The zero-order valence-electron chi connectivity index (χ0n) is 17.3. The third kappa shape index (κ3) is 5.29. The Bertz CT molecular complexity index is 1090. The second-order valence-corrected chi connectivity index (χ2v) is 7.44. The number of rotatable bonds is 3. The van der Waals surface area contributed by atoms with Gasteiger partial charge in [-0.05, 0) is 49.4 Å². The number of halogens is 5. The Kier molecular flexibility index (Phi) is 6.33. The quantitative estimate of drug-likeness (QED) is 0.607. The first-order chi connectivity index (χ1) is 14.9. The van der Waals surface area contributed by atoms with Crippen LogP contribution in [-0.2, 0) is 32.0 Å². The van der Waals surface area contributed by atoms with Crippen molar-refractivity contribution in [3.05, 3.63) is 58.9 Å². The first-order valence-corrected chi connectivity index (χ1v) is 9.69. The molecule has 0 unspecified atom stereocenters. The van der Waals surface area contributed by atoms with Gasteiger partial charge in [-0.2, -0.15) is 32.1 Å². The summed E-state index contributed by atoms with van der Waals surface area (Å²) in [4.78, 5) is 13.9. The molecular formula is C20H21F5N6O. The molecule has 0 fully saturated rings. The Morgan fingerprint density at radius 2 is 1.78 bits per heavy atom. The standard InChI is InChI=1S/C13H12F3N3.C7H9F2N3O/c14-13(15,16)12-7-10(5-6-17-12)19-8-9-3-1-2-4-11(9)18-19;1-7(8,9)5-3-4(6(10)13)11-12(5)2/h5-8H,1-4H2;3H,1-2H3,(H2,10,13). The number of primary amides is 1. The summed E-state index contributed by atoms with van der Waals surface area (Å²) in [6.07, 6.45) is 2.62. The molecule has 0 bridgehead atoms. The average Bonchev–Trinajstić information content (AvgIpc) is 3.31. The van der Waals surface area contributed by atoms with E-state index < -0.39 is 23.7 Å². The van der Waals surface area contributed by atoms with Crippen LogP contribution < -0.4 is 5.73 Å². The van der Waals surface area contributed by atoms with E-state index in [1.807, 2.05) is 6.20 Å². The molecule has 172 valence electrons. The van der Waals surface area contributed by atoms with Crippen LogP contribution >= 0.6 is 0 Å². The number of hydrogen-bond acceptors (Lipinski definition) is 4. The molecule has 3 aromatic rings. The van der Waals surface area contributed by atoms with Gasteiger partial charge in [-0.3, -0.25) is 14.5 Å². The molecule has 7 nitrogen and oxygen atoms in total. The highest BCUT2D eigenvalue weighted by Gasteiger charge is 2.33. The van der Waals surface area contributed by atoms with Crippen LogP contribution in [0.3, 0.4) is 0 Å². The summed E-state index contributed by atoms with van der Waals surface area (Å²) in [7, 11) is 1.33. The number of pyridine rings is 1. The monoisotopic (exact) mass is 456 g/mol. The summed E-state index contributed by atoms with van der Waals surface area (Å²) >= 11 is 0. The van der Waals surface area contributed by atoms with E-state index in [0.29, 0.717) is 5.69 Å². The predicted octanol–water partition coefficient (Wildman–Crippen LogP) is 3.80. The second kappa shape index (κ2) is 8.67. The fourth-order valence-electron chi connectivity index (χ4n) is 3.32. The Morgan fingerprint density at radius 3 is 2.31 bits per heavy atom. The van der Waals surface area contributed by atoms with E-state index >= 15 is 0 Å². The topological polar surface area (TPSA) is 91.6 Å². The van der Waals surface area contributed by atoms with Crippen LogP contribution in [0, 0.1) is 0 Å². The fourth-order valence-corrected chi connectivity index (χ4v) is 3.32. The molecular weight excluding hydrogens is 435 g/mol. The maximum atomic E-state index is 12.8. The van der Waals surface area contributed by atoms with E-state index in [0.717, 1.165) is 60.7 Å². The van der Waals surface area contributed by atoms with Crippen molar-refractivity contribution in [1.82, 2.24) is 24.5 Å². The lowest BCUT2D eigenvalue weighted by Gasteiger charge is -2.08. The van der Waals surface area contributed by atoms with Gasteiger partial charge in [0.05, 0.1) is 11.4 Å².